The SMILES string of the molecule is CCNc1nc(C)c(C(=O)N[C@@H]2CN(C(C)C)C[C@H]2OC)s1. The number of ether oxygens (including phenoxy) is 1. The summed E-state index contributed by atoms with van der Waals surface area (Å²) in [6, 6.07) is 0.467. The Balaban J connectivity index is 2.04. The fraction of sp³-hybridized carbons (Fsp3) is 0.733. The van der Waals surface area contributed by atoms with Crippen LogP contribution < -0.4 is 10.6 Å². The van der Waals surface area contributed by atoms with Gasteiger partial charge in [0.05, 0.1) is 17.8 Å². The molecule has 0 saturated carbocycles. The van der Waals surface area contributed by atoms with Crippen molar-refractivity contribution in [3.8, 4) is 0 Å². The molecule has 6 nitrogen and oxygen atoms in total. The van der Waals surface area contributed by atoms with Crippen molar-refractivity contribution >= 4 is 22.4 Å². The van der Waals surface area contributed by atoms with Gasteiger partial charge in [0, 0.05) is 32.8 Å². The highest BCUT2D eigenvalue weighted by Gasteiger charge is 2.35. The number of hydrogen-bond acceptors (Lipinski definition) is 6. The number of rotatable bonds is 6. The van der Waals surface area contributed by atoms with E-state index >= 15 is 0 Å². The summed E-state index contributed by atoms with van der Waals surface area (Å²) in [5.41, 5.74) is 0.770. The Morgan fingerprint density at radius 3 is 2.82 bits per heavy atom. The summed E-state index contributed by atoms with van der Waals surface area (Å²) in [6.45, 7) is 10.7. The summed E-state index contributed by atoms with van der Waals surface area (Å²) >= 11 is 1.40. The van der Waals surface area contributed by atoms with E-state index in [4.69, 9.17) is 4.74 Å². The Kier molecular flexibility index (Phi) is 5.77. The Hall–Kier alpha value is -1.18. The minimum absolute atomic E-state index is 0.0176. The lowest BCUT2D eigenvalue weighted by molar-refractivity contribution is 0.0755. The van der Waals surface area contributed by atoms with Crippen LogP contribution in [0.1, 0.15) is 36.1 Å². The fourth-order valence-electron chi connectivity index (χ4n) is 2.67. The van der Waals surface area contributed by atoms with Crippen LogP contribution in [0.5, 0.6) is 0 Å². The first-order chi connectivity index (χ1) is 10.5. The second-order valence-corrected chi connectivity index (χ2v) is 6.86. The van der Waals surface area contributed by atoms with Gasteiger partial charge in [0.2, 0.25) is 0 Å². The predicted octanol–water partition coefficient (Wildman–Crippen LogP) is 1.72. The number of likely N-dealkylation sites (tertiary alicyclic amines) is 1. The van der Waals surface area contributed by atoms with Gasteiger partial charge >= 0.3 is 0 Å². The lowest BCUT2D eigenvalue weighted by Gasteiger charge is -2.19. The van der Waals surface area contributed by atoms with E-state index in [2.05, 4.69) is 34.4 Å². The van der Waals surface area contributed by atoms with Crippen LogP contribution in [-0.4, -0.2) is 60.7 Å². The number of aryl methyl sites for hydroxylation is 1. The Labute approximate surface area is 136 Å². The molecule has 0 spiro atoms. The lowest BCUT2D eigenvalue weighted by Crippen LogP contribution is -2.43. The van der Waals surface area contributed by atoms with Gasteiger partial charge in [-0.3, -0.25) is 9.69 Å². The number of anilines is 1. The maximum Gasteiger partial charge on any atom is 0.263 e. The van der Waals surface area contributed by atoms with Gasteiger partial charge in [-0.25, -0.2) is 4.98 Å². The Morgan fingerprint density at radius 2 is 2.23 bits per heavy atom. The van der Waals surface area contributed by atoms with Crippen molar-refractivity contribution in [2.24, 2.45) is 0 Å². The molecule has 2 N–H and O–H groups in total. The van der Waals surface area contributed by atoms with E-state index in [1.54, 1.807) is 7.11 Å². The van der Waals surface area contributed by atoms with Crippen molar-refractivity contribution in [3.05, 3.63) is 10.6 Å². The number of aromatic nitrogens is 1. The van der Waals surface area contributed by atoms with Gasteiger partial charge in [-0.1, -0.05) is 11.3 Å². The highest BCUT2D eigenvalue weighted by molar-refractivity contribution is 7.17. The first-order valence-corrected chi connectivity index (χ1v) is 8.56. The van der Waals surface area contributed by atoms with Gasteiger partial charge in [0.1, 0.15) is 4.88 Å². The summed E-state index contributed by atoms with van der Waals surface area (Å²) in [5, 5.41) is 7.06. The maximum absolute atomic E-state index is 12.5. The first-order valence-electron chi connectivity index (χ1n) is 7.75. The molecule has 7 heteroatoms. The number of thiazole rings is 1. The van der Waals surface area contributed by atoms with E-state index in [0.717, 1.165) is 30.5 Å². The average Bonchev–Trinajstić information content (AvgIpc) is 3.03. The third-order valence-corrected chi connectivity index (χ3v) is 5.09. The molecule has 1 aromatic heterocycles. The molecule has 1 fully saturated rings. The van der Waals surface area contributed by atoms with E-state index in [9.17, 15) is 4.79 Å². The normalized spacial score (nSPS) is 22.3. The van der Waals surface area contributed by atoms with Crippen LogP contribution in [0.25, 0.3) is 0 Å². The van der Waals surface area contributed by atoms with Crippen molar-refractivity contribution in [2.75, 3.05) is 32.1 Å². The second kappa shape index (κ2) is 7.39. The van der Waals surface area contributed by atoms with Crippen LogP contribution in [-0.2, 0) is 4.74 Å². The zero-order valence-electron chi connectivity index (χ0n) is 14.0. The van der Waals surface area contributed by atoms with Crippen LogP contribution >= 0.6 is 11.3 Å². The molecule has 22 heavy (non-hydrogen) atoms. The number of carbonyl (C=O) groups is 1. The van der Waals surface area contributed by atoms with Gasteiger partial charge in [0.25, 0.3) is 5.91 Å². The Morgan fingerprint density at radius 1 is 1.50 bits per heavy atom. The molecular formula is C15H26N4O2S. The second-order valence-electron chi connectivity index (χ2n) is 5.87. The van der Waals surface area contributed by atoms with Crippen molar-refractivity contribution in [2.45, 2.75) is 45.9 Å². The molecule has 2 heterocycles. The van der Waals surface area contributed by atoms with Crippen molar-refractivity contribution in [1.29, 1.82) is 0 Å². The van der Waals surface area contributed by atoms with Crippen LogP contribution in [0.3, 0.4) is 0 Å². The maximum atomic E-state index is 12.5. The number of hydrogen-bond donors (Lipinski definition) is 2. The van der Waals surface area contributed by atoms with E-state index in [1.807, 2.05) is 13.8 Å². The molecule has 124 valence electrons. The van der Waals surface area contributed by atoms with Crippen LogP contribution in [0.4, 0.5) is 5.13 Å². The van der Waals surface area contributed by atoms with Gasteiger partial charge in [-0.15, -0.1) is 0 Å². The largest absolute Gasteiger partial charge is 0.378 e. The number of carbonyl (C=O) groups excluding carboxylic acids is 1. The summed E-state index contributed by atoms with van der Waals surface area (Å²) in [6.07, 6.45) is 0.0350. The first kappa shape index (κ1) is 17.2. The van der Waals surface area contributed by atoms with E-state index in [1.165, 1.54) is 11.3 Å². The summed E-state index contributed by atoms with van der Waals surface area (Å²) in [5.74, 6) is -0.0585. The minimum atomic E-state index is -0.0585. The average molecular weight is 326 g/mol. The molecule has 1 aliphatic rings. The molecule has 2 rings (SSSR count). The molecule has 0 unspecified atom stereocenters. The van der Waals surface area contributed by atoms with Crippen molar-refractivity contribution < 1.29 is 9.53 Å². The summed E-state index contributed by atoms with van der Waals surface area (Å²) < 4.78 is 5.53. The van der Waals surface area contributed by atoms with E-state index < -0.39 is 0 Å². The molecule has 1 aromatic rings. The van der Waals surface area contributed by atoms with E-state index in [-0.39, 0.29) is 18.1 Å². The molecular weight excluding hydrogens is 300 g/mol. The predicted molar refractivity (Wildman–Crippen MR) is 89.8 cm³/mol. The standard InChI is InChI=1S/C15H26N4O2S/c1-6-16-15-17-10(4)13(22-15)14(20)18-11-7-19(9(2)3)8-12(11)21-5/h9,11-12H,6-8H2,1-5H3,(H,16,17)(H,18,20)/t11-,12-/m1/s1. The molecule has 0 aliphatic carbocycles. The monoisotopic (exact) mass is 326 g/mol. The van der Waals surface area contributed by atoms with Crippen LogP contribution in [0.15, 0.2) is 0 Å². The zero-order valence-corrected chi connectivity index (χ0v) is 14.8. The smallest absolute Gasteiger partial charge is 0.263 e. The molecule has 0 aromatic carbocycles. The summed E-state index contributed by atoms with van der Waals surface area (Å²) in [4.78, 5) is 19.9. The van der Waals surface area contributed by atoms with Crippen LogP contribution in [0, 0.1) is 6.92 Å². The molecule has 2 atom stereocenters. The van der Waals surface area contributed by atoms with Gasteiger partial charge < -0.3 is 15.4 Å². The molecule has 1 amide bonds. The van der Waals surface area contributed by atoms with E-state index in [0.29, 0.717) is 10.9 Å². The highest BCUT2D eigenvalue weighted by Crippen LogP contribution is 2.23. The van der Waals surface area contributed by atoms with Crippen molar-refractivity contribution in [1.82, 2.24) is 15.2 Å². The van der Waals surface area contributed by atoms with Crippen molar-refractivity contribution in [3.63, 3.8) is 0 Å². The number of nitrogens with one attached hydrogen (secondary N) is 2. The van der Waals surface area contributed by atoms with Gasteiger partial charge in [-0.05, 0) is 27.7 Å². The topological polar surface area (TPSA) is 66.5 Å². The lowest BCUT2D eigenvalue weighted by atomic mass is 10.2. The van der Waals surface area contributed by atoms with Gasteiger partial charge in [-0.2, -0.15) is 0 Å². The molecule has 1 aliphatic heterocycles. The number of methoxy groups -OCH3 is 1. The summed E-state index contributed by atoms with van der Waals surface area (Å²) in [7, 11) is 1.70. The highest BCUT2D eigenvalue weighted by atomic mass is 32.1. The third kappa shape index (κ3) is 3.77. The fourth-order valence-corrected chi connectivity index (χ4v) is 3.61. The number of amides is 1. The molecule has 0 bridgehead atoms. The van der Waals surface area contributed by atoms with Crippen LogP contribution in [0.2, 0.25) is 0 Å². The molecule has 1 saturated heterocycles. The molecule has 0 radical (unpaired) electrons. The zero-order chi connectivity index (χ0) is 16.3. The quantitative estimate of drug-likeness (QED) is 0.833. The minimum Gasteiger partial charge on any atom is -0.378 e. The Bertz CT molecular complexity index is 518. The number of nitrogens with zero attached hydrogens (tertiary/aromatic N) is 2. The van der Waals surface area contributed by atoms with Gasteiger partial charge in [0.15, 0.2) is 5.13 Å². The third-order valence-electron chi connectivity index (χ3n) is 3.97.